The first-order chi connectivity index (χ1) is 37.0. The van der Waals surface area contributed by atoms with E-state index >= 15 is 0 Å². The van der Waals surface area contributed by atoms with Gasteiger partial charge in [0.15, 0.2) is 6.20 Å². The molecule has 0 saturated heterocycles. The molecule has 8 rings (SSSR count). The zero-order valence-electron chi connectivity index (χ0n) is 47.3. The number of hydrogen-bond donors (Lipinski definition) is 3. The van der Waals surface area contributed by atoms with E-state index in [9.17, 15) is 30.1 Å². The Hall–Kier alpha value is -9.72. The Labute approximate surface area is 465 Å². The Kier molecular flexibility index (Phi) is 30.0. The Bertz CT molecular complexity index is 3360. The van der Waals surface area contributed by atoms with Gasteiger partial charge in [0.25, 0.3) is 11.4 Å². The summed E-state index contributed by atoms with van der Waals surface area (Å²) in [5.74, 6) is 4.61. The lowest BCUT2D eigenvalue weighted by molar-refractivity contribution is -0.639. The number of benzene rings is 1. The number of nitrogen functional groups attached to an aromatic ring is 2. The highest BCUT2D eigenvalue weighted by molar-refractivity contribution is 5.85. The average molecular weight is 1100 g/mol. The first kappa shape index (κ1) is 70.3. The number of pyridine rings is 5. The molecule has 23 heteroatoms. The van der Waals surface area contributed by atoms with Crippen LogP contribution in [0.3, 0.4) is 0 Å². The Morgan fingerprint density at radius 3 is 1.74 bits per heavy atom. The Balaban J connectivity index is 0.000000924. The maximum atomic E-state index is 11.4. The highest BCUT2D eigenvalue weighted by atomic mass is 16.6. The number of non-ortho nitro benzene ring substituents is 1. The lowest BCUT2D eigenvalue weighted by Gasteiger charge is -2.20. The number of hydrogen-bond acceptors (Lipinski definition) is 17. The number of carbonyl (C=O) groups excluding carboxylic acids is 5. The van der Waals surface area contributed by atoms with Crippen molar-refractivity contribution in [2.45, 2.75) is 130 Å². The molecule has 0 bridgehead atoms. The summed E-state index contributed by atoms with van der Waals surface area (Å²) in [7, 11) is 0. The van der Waals surface area contributed by atoms with E-state index in [4.69, 9.17) is 35.5 Å². The van der Waals surface area contributed by atoms with Crippen molar-refractivity contribution in [1.82, 2.24) is 29.2 Å². The smallest absolute Gasteiger partial charge is 0.412 e. The third-order valence-electron chi connectivity index (χ3n) is 11.4. The molecule has 0 radical (unpaired) electrons. The molecule has 0 spiro atoms. The fourth-order valence-corrected chi connectivity index (χ4v) is 6.87. The highest BCUT2D eigenvalue weighted by Gasteiger charge is 2.17. The molecule has 0 atom stereocenters. The minimum atomic E-state index is -0.949. The molecule has 5 N–H and O–H groups in total. The van der Waals surface area contributed by atoms with Crippen LogP contribution in [0.2, 0.25) is 0 Å². The SMILES string of the molecule is C.CCc1c(C)nn2cc(C)c(C)cc12.CCc1c(C)nn2ccc(C)c(C)c12.Cc1cc[n+](N)cc1C.Cc1cnccc1N.Cc1cnccc1NC(=O)OC(C)(C)C.O=C=O.O=C=O.O=[N+]([O-])c1ccc([O-])c([N+](=O)[O-])c1. The van der Waals surface area contributed by atoms with Gasteiger partial charge in [-0.1, -0.05) is 32.0 Å². The maximum absolute atomic E-state index is 11.4. The van der Waals surface area contributed by atoms with Crippen LogP contribution in [0.1, 0.15) is 109 Å². The van der Waals surface area contributed by atoms with Gasteiger partial charge in [-0.2, -0.15) is 29.4 Å². The zero-order valence-corrected chi connectivity index (χ0v) is 47.3. The number of amides is 1. The summed E-state index contributed by atoms with van der Waals surface area (Å²) in [6.45, 7) is 30.5. The van der Waals surface area contributed by atoms with E-state index in [0.717, 1.165) is 58.9 Å². The molecule has 0 aliphatic rings. The highest BCUT2D eigenvalue weighted by Crippen LogP contribution is 2.27. The van der Waals surface area contributed by atoms with Crippen molar-refractivity contribution < 1.29 is 48.3 Å². The minimum Gasteiger partial charge on any atom is -0.868 e. The number of ether oxygens (including phenoxy) is 1. The number of aryl methyl sites for hydroxylation is 12. The second-order valence-electron chi connectivity index (χ2n) is 18.4. The number of rotatable bonds is 5. The molecule has 0 fully saturated rings. The molecular weight excluding hydrogens is 1030 g/mol. The van der Waals surface area contributed by atoms with E-state index in [2.05, 4.69) is 106 Å². The largest absolute Gasteiger partial charge is 0.868 e. The predicted octanol–water partition coefficient (Wildman–Crippen LogP) is 9.70. The molecule has 0 aliphatic heterocycles. The third kappa shape index (κ3) is 22.9. The van der Waals surface area contributed by atoms with Gasteiger partial charge in [-0.3, -0.25) is 35.5 Å². The lowest BCUT2D eigenvalue weighted by Crippen LogP contribution is -2.43. The van der Waals surface area contributed by atoms with Gasteiger partial charge in [0, 0.05) is 77.4 Å². The molecule has 23 nitrogen and oxygen atoms in total. The van der Waals surface area contributed by atoms with Gasteiger partial charge < -0.3 is 15.6 Å². The fourth-order valence-electron chi connectivity index (χ4n) is 6.87. The van der Waals surface area contributed by atoms with E-state index in [1.807, 2.05) is 75.2 Å². The standard InChI is InChI=1S/2C12H16N2.C11H16N2O2.C7H11N2.C6H4N2O5.C6H8N2.2CO2.CH4/c1-5-11-10(4)13-14-7-9(3)8(2)6-12(11)14;1-5-11-10(4)13-14-7-6-8(2)9(3)12(11)14;1-8-7-12-6-5-9(8)13-10(14)15-11(2,3)4;1-6-3-4-9(8)5-7(6)2;9-6-2-1-4(7(10)11)3-5(6)8(12)13;1-5-4-8-3-2-6(5)7;2*2-1-3;/h2*6-7H,5H2,1-4H3;5-7H,1-4H3,(H,12,13,14);3-5H,8H2,1-2H3;1-3,9H;2-4H,1H3,(H2,7,8);;;1H4/q;;;+1;;;;;/p-1. The van der Waals surface area contributed by atoms with Crippen molar-refractivity contribution in [3.05, 3.63) is 185 Å². The van der Waals surface area contributed by atoms with Gasteiger partial charge >= 0.3 is 18.4 Å². The van der Waals surface area contributed by atoms with Crippen LogP contribution in [0.25, 0.3) is 11.0 Å². The van der Waals surface area contributed by atoms with Crippen molar-refractivity contribution in [3.63, 3.8) is 0 Å². The number of anilines is 2. The van der Waals surface area contributed by atoms with Crippen molar-refractivity contribution in [2.24, 2.45) is 0 Å². The van der Waals surface area contributed by atoms with Crippen LogP contribution in [0.5, 0.6) is 5.75 Å². The molecule has 7 aromatic heterocycles. The normalized spacial score (nSPS) is 9.69. The summed E-state index contributed by atoms with van der Waals surface area (Å²) in [4.78, 5) is 70.3. The summed E-state index contributed by atoms with van der Waals surface area (Å²) in [5, 5.41) is 42.8. The average Bonchev–Trinajstić information content (AvgIpc) is 3.87. The molecular formula is C57H74N12O11. The van der Waals surface area contributed by atoms with Gasteiger partial charge in [0.05, 0.1) is 38.3 Å². The van der Waals surface area contributed by atoms with Crippen LogP contribution in [0.15, 0.2) is 98.1 Å². The molecule has 1 amide bonds. The molecule has 80 heavy (non-hydrogen) atoms. The van der Waals surface area contributed by atoms with Gasteiger partial charge in [-0.05, 0) is 172 Å². The first-order valence-electron chi connectivity index (χ1n) is 24.3. The molecule has 0 unspecified atom stereocenters. The zero-order chi connectivity index (χ0) is 60.3. The fraction of sp³-hybridized carbons (Fsp3) is 0.333. The lowest BCUT2D eigenvalue weighted by atomic mass is 10.1. The second kappa shape index (κ2) is 34.1. The van der Waals surface area contributed by atoms with E-state index in [0.29, 0.717) is 6.07 Å². The van der Waals surface area contributed by atoms with E-state index in [1.54, 1.807) is 41.6 Å². The number of nitrogens with two attached hydrogens (primary N) is 2. The summed E-state index contributed by atoms with van der Waals surface area (Å²) in [5.41, 5.74) is 22.6. The number of carbonyl (C=O) groups is 1. The van der Waals surface area contributed by atoms with E-state index in [-0.39, 0.29) is 19.7 Å². The van der Waals surface area contributed by atoms with E-state index < -0.39 is 38.7 Å². The first-order valence-corrected chi connectivity index (χ1v) is 24.3. The summed E-state index contributed by atoms with van der Waals surface area (Å²) in [6.07, 6.45) is 16.8. The van der Waals surface area contributed by atoms with Gasteiger partial charge in [-0.25, -0.2) is 19.7 Å². The topological polar surface area (TPSA) is 332 Å². The van der Waals surface area contributed by atoms with Crippen LogP contribution in [-0.4, -0.2) is 63.0 Å². The molecule has 0 aliphatic carbocycles. The van der Waals surface area contributed by atoms with Crippen molar-refractivity contribution in [3.8, 4) is 5.75 Å². The maximum Gasteiger partial charge on any atom is 0.412 e. The number of nitrogens with one attached hydrogen (secondary N) is 1. The minimum absolute atomic E-state index is 0. The molecule has 1 aromatic carbocycles. The summed E-state index contributed by atoms with van der Waals surface area (Å²) >= 11 is 0. The Morgan fingerprint density at radius 1 is 0.713 bits per heavy atom. The number of aromatic nitrogens is 7. The number of fused-ring (bicyclic) bond motifs is 2. The second-order valence-corrected chi connectivity index (χ2v) is 18.4. The Morgan fingerprint density at radius 2 is 1.26 bits per heavy atom. The molecule has 428 valence electrons. The van der Waals surface area contributed by atoms with Gasteiger partial charge in [-0.15, -0.1) is 0 Å². The van der Waals surface area contributed by atoms with Crippen molar-refractivity contribution in [1.29, 1.82) is 0 Å². The van der Waals surface area contributed by atoms with Crippen molar-refractivity contribution in [2.75, 3.05) is 16.9 Å². The molecule has 8 aromatic rings. The van der Waals surface area contributed by atoms with Gasteiger partial charge in [0.1, 0.15) is 5.60 Å². The van der Waals surface area contributed by atoms with E-state index in [1.165, 1.54) is 55.5 Å². The number of nitro benzene ring substituents is 2. The number of nitrogens with zero attached hydrogens (tertiary/aromatic N) is 9. The van der Waals surface area contributed by atoms with Crippen LogP contribution < -0.4 is 26.7 Å². The van der Waals surface area contributed by atoms with Crippen LogP contribution >= 0.6 is 0 Å². The van der Waals surface area contributed by atoms with Crippen LogP contribution in [-0.2, 0) is 36.8 Å². The monoisotopic (exact) mass is 1100 g/mol. The molecule has 0 saturated carbocycles. The number of nitro groups is 2. The van der Waals surface area contributed by atoms with Crippen LogP contribution in [0, 0.1) is 89.5 Å². The molecule has 7 heterocycles. The quantitative estimate of drug-likeness (QED) is 0.0624. The van der Waals surface area contributed by atoms with Gasteiger partial charge in [0.2, 0.25) is 6.20 Å². The summed E-state index contributed by atoms with van der Waals surface area (Å²) < 4.78 is 10.7. The van der Waals surface area contributed by atoms with Crippen LogP contribution in [0.4, 0.5) is 27.5 Å². The summed E-state index contributed by atoms with van der Waals surface area (Å²) in [6, 6.07) is 12.2. The van der Waals surface area contributed by atoms with Crippen molar-refractivity contribution >= 4 is 52.2 Å². The third-order valence-corrected chi connectivity index (χ3v) is 11.4. The predicted molar refractivity (Wildman–Crippen MR) is 302 cm³/mol.